The molecule has 0 spiro atoms. The Kier molecular flexibility index (Phi) is 1.89. The average Bonchev–Trinajstić information content (AvgIpc) is 2.72. The lowest BCUT2D eigenvalue weighted by molar-refractivity contribution is 0.187. The van der Waals surface area contributed by atoms with Gasteiger partial charge in [-0.1, -0.05) is 0 Å². The number of ether oxygens (including phenoxy) is 1. The van der Waals surface area contributed by atoms with Gasteiger partial charge in [-0.2, -0.15) is 0 Å². The Balaban J connectivity index is 2.02. The number of rotatable bonds is 0. The summed E-state index contributed by atoms with van der Waals surface area (Å²) in [6.45, 7) is 2.90. The summed E-state index contributed by atoms with van der Waals surface area (Å²) >= 11 is 1.90. The quantitative estimate of drug-likeness (QED) is 0.675. The van der Waals surface area contributed by atoms with Gasteiger partial charge in [-0.15, -0.1) is 11.3 Å². The van der Waals surface area contributed by atoms with Crippen LogP contribution in [0.1, 0.15) is 16.4 Å². The van der Waals surface area contributed by atoms with Crippen LogP contribution in [0.4, 0.5) is 0 Å². The van der Waals surface area contributed by atoms with Gasteiger partial charge in [-0.25, -0.2) is 0 Å². The summed E-state index contributed by atoms with van der Waals surface area (Å²) in [6.07, 6.45) is 1.19. The fraction of sp³-hybridized carbons (Fsp3) is 0.600. The molecule has 70 valence electrons. The van der Waals surface area contributed by atoms with E-state index < -0.39 is 0 Å². The normalized spacial score (nSPS) is 32.3. The third-order valence-corrected chi connectivity index (χ3v) is 4.09. The average molecular weight is 195 g/mol. The maximum Gasteiger partial charge on any atom is 0.0627 e. The lowest BCUT2D eigenvalue weighted by Crippen LogP contribution is -2.33. The molecular formula is C10H13NOS. The van der Waals surface area contributed by atoms with Crippen LogP contribution in [-0.4, -0.2) is 25.8 Å². The minimum Gasteiger partial charge on any atom is -0.379 e. The van der Waals surface area contributed by atoms with Gasteiger partial charge in [0, 0.05) is 16.8 Å². The van der Waals surface area contributed by atoms with Crippen molar-refractivity contribution in [3.05, 3.63) is 21.9 Å². The molecule has 1 N–H and O–H groups in total. The minimum atomic E-state index is 0.569. The third kappa shape index (κ3) is 1.23. The molecule has 0 aromatic carbocycles. The molecule has 3 heterocycles. The molecule has 0 radical (unpaired) electrons. The summed E-state index contributed by atoms with van der Waals surface area (Å²) in [7, 11) is 0. The standard InChI is InChI=1S/C10H13NOS/c1-3-11-9-6-12-5-8(9)10-7(1)2-4-13-10/h2,4,8-9,11H,1,3,5-6H2. The van der Waals surface area contributed by atoms with E-state index in [0.29, 0.717) is 12.0 Å². The Hall–Kier alpha value is -0.380. The van der Waals surface area contributed by atoms with Crippen LogP contribution in [0.5, 0.6) is 0 Å². The van der Waals surface area contributed by atoms with Gasteiger partial charge in [0.15, 0.2) is 0 Å². The van der Waals surface area contributed by atoms with Crippen molar-refractivity contribution in [2.45, 2.75) is 18.4 Å². The SMILES string of the molecule is c1cc2c(s1)C1COCC1NCC2. The van der Waals surface area contributed by atoms with Crippen molar-refractivity contribution in [1.29, 1.82) is 0 Å². The van der Waals surface area contributed by atoms with Crippen molar-refractivity contribution >= 4 is 11.3 Å². The Bertz CT molecular complexity index is 310. The molecule has 2 aliphatic rings. The van der Waals surface area contributed by atoms with E-state index in [0.717, 1.165) is 19.8 Å². The first-order chi connectivity index (χ1) is 6.45. The second-order valence-corrected chi connectivity index (χ2v) is 4.71. The van der Waals surface area contributed by atoms with Crippen LogP contribution >= 0.6 is 11.3 Å². The first-order valence-corrected chi connectivity index (χ1v) is 5.70. The van der Waals surface area contributed by atoms with Gasteiger partial charge in [0.05, 0.1) is 13.2 Å². The molecule has 3 heteroatoms. The predicted molar refractivity (Wildman–Crippen MR) is 53.4 cm³/mol. The van der Waals surface area contributed by atoms with E-state index in [9.17, 15) is 0 Å². The summed E-state index contributed by atoms with van der Waals surface area (Å²) in [6, 6.07) is 2.84. The Morgan fingerprint density at radius 1 is 1.46 bits per heavy atom. The van der Waals surface area contributed by atoms with Crippen molar-refractivity contribution in [3.8, 4) is 0 Å². The van der Waals surface area contributed by atoms with Crippen molar-refractivity contribution in [2.75, 3.05) is 19.8 Å². The number of hydrogen-bond donors (Lipinski definition) is 1. The molecule has 1 fully saturated rings. The van der Waals surface area contributed by atoms with E-state index in [1.807, 2.05) is 11.3 Å². The maximum absolute atomic E-state index is 5.52. The summed E-state index contributed by atoms with van der Waals surface area (Å²) in [4.78, 5) is 1.56. The van der Waals surface area contributed by atoms with E-state index in [4.69, 9.17) is 4.74 Å². The molecule has 1 saturated heterocycles. The molecule has 2 unspecified atom stereocenters. The van der Waals surface area contributed by atoms with Crippen molar-refractivity contribution < 1.29 is 4.74 Å². The zero-order valence-electron chi connectivity index (χ0n) is 7.45. The largest absolute Gasteiger partial charge is 0.379 e. The zero-order valence-corrected chi connectivity index (χ0v) is 8.27. The van der Waals surface area contributed by atoms with Crippen molar-refractivity contribution in [1.82, 2.24) is 5.32 Å². The van der Waals surface area contributed by atoms with E-state index in [1.54, 1.807) is 4.88 Å². The van der Waals surface area contributed by atoms with Crippen LogP contribution in [0.25, 0.3) is 0 Å². The molecule has 1 aromatic rings. The van der Waals surface area contributed by atoms with Gasteiger partial charge in [0.2, 0.25) is 0 Å². The zero-order chi connectivity index (χ0) is 8.67. The molecule has 13 heavy (non-hydrogen) atoms. The topological polar surface area (TPSA) is 21.3 Å². The highest BCUT2D eigenvalue weighted by molar-refractivity contribution is 7.10. The van der Waals surface area contributed by atoms with Gasteiger partial charge in [-0.05, 0) is 30.0 Å². The fourth-order valence-electron chi connectivity index (χ4n) is 2.29. The lowest BCUT2D eigenvalue weighted by Gasteiger charge is -2.14. The second-order valence-electron chi connectivity index (χ2n) is 3.76. The fourth-order valence-corrected chi connectivity index (χ4v) is 3.39. The molecule has 2 aliphatic heterocycles. The van der Waals surface area contributed by atoms with Crippen molar-refractivity contribution in [2.24, 2.45) is 0 Å². The van der Waals surface area contributed by atoms with Crippen molar-refractivity contribution in [3.63, 3.8) is 0 Å². The summed E-state index contributed by atoms with van der Waals surface area (Å²) in [5.74, 6) is 0.623. The minimum absolute atomic E-state index is 0.569. The summed E-state index contributed by atoms with van der Waals surface area (Å²) < 4.78 is 5.52. The van der Waals surface area contributed by atoms with Crippen LogP contribution < -0.4 is 5.32 Å². The van der Waals surface area contributed by atoms with Crippen LogP contribution in [0.2, 0.25) is 0 Å². The molecule has 2 atom stereocenters. The highest BCUT2D eigenvalue weighted by atomic mass is 32.1. The number of thiophene rings is 1. The number of hydrogen-bond acceptors (Lipinski definition) is 3. The number of fused-ring (bicyclic) bond motifs is 3. The lowest BCUT2D eigenvalue weighted by atomic mass is 10.0. The first-order valence-electron chi connectivity index (χ1n) is 4.82. The Morgan fingerprint density at radius 2 is 2.46 bits per heavy atom. The smallest absolute Gasteiger partial charge is 0.0627 e. The maximum atomic E-state index is 5.52. The first kappa shape index (κ1) is 7.97. The van der Waals surface area contributed by atoms with E-state index >= 15 is 0 Å². The molecule has 0 aliphatic carbocycles. The summed E-state index contributed by atoms with van der Waals surface area (Å²) in [5, 5.41) is 5.77. The van der Waals surface area contributed by atoms with Crippen LogP contribution in [0, 0.1) is 0 Å². The van der Waals surface area contributed by atoms with E-state index in [2.05, 4.69) is 16.8 Å². The Morgan fingerprint density at radius 3 is 3.46 bits per heavy atom. The molecule has 3 rings (SSSR count). The molecule has 1 aromatic heterocycles. The highest BCUT2D eigenvalue weighted by Crippen LogP contribution is 2.34. The molecule has 0 bridgehead atoms. The third-order valence-electron chi connectivity index (χ3n) is 3.00. The van der Waals surface area contributed by atoms with Crippen LogP contribution in [0.3, 0.4) is 0 Å². The van der Waals surface area contributed by atoms with Gasteiger partial charge in [0.1, 0.15) is 0 Å². The van der Waals surface area contributed by atoms with Crippen LogP contribution in [0.15, 0.2) is 11.4 Å². The molecule has 2 nitrogen and oxygen atoms in total. The van der Waals surface area contributed by atoms with Crippen LogP contribution in [-0.2, 0) is 11.2 Å². The molecule has 0 saturated carbocycles. The monoisotopic (exact) mass is 195 g/mol. The predicted octanol–water partition coefficient (Wildman–Crippen LogP) is 1.38. The highest BCUT2D eigenvalue weighted by Gasteiger charge is 2.33. The molecular weight excluding hydrogens is 182 g/mol. The van der Waals surface area contributed by atoms with Gasteiger partial charge < -0.3 is 10.1 Å². The van der Waals surface area contributed by atoms with E-state index in [1.165, 1.54) is 12.0 Å². The van der Waals surface area contributed by atoms with Gasteiger partial charge in [-0.3, -0.25) is 0 Å². The van der Waals surface area contributed by atoms with Gasteiger partial charge in [0.25, 0.3) is 0 Å². The Labute approximate surface area is 81.9 Å². The number of nitrogens with one attached hydrogen (secondary N) is 1. The second kappa shape index (κ2) is 3.08. The summed E-state index contributed by atoms with van der Waals surface area (Å²) in [5.41, 5.74) is 1.54. The van der Waals surface area contributed by atoms with Gasteiger partial charge >= 0.3 is 0 Å². The van der Waals surface area contributed by atoms with E-state index in [-0.39, 0.29) is 0 Å². The molecule has 0 amide bonds.